The molecule has 1 amide bonds. The fourth-order valence-corrected chi connectivity index (χ4v) is 4.65. The van der Waals surface area contributed by atoms with E-state index in [1.54, 1.807) is 43.7 Å². The monoisotopic (exact) mass is 458 g/mol. The minimum Gasteiger partial charge on any atom is -0.496 e. The molecule has 0 unspecified atom stereocenters. The molecule has 9 nitrogen and oxygen atoms in total. The van der Waals surface area contributed by atoms with E-state index in [-0.39, 0.29) is 17.3 Å². The Hall–Kier alpha value is -4.01. The van der Waals surface area contributed by atoms with Gasteiger partial charge in [0.1, 0.15) is 11.4 Å². The number of pyridine rings is 1. The third-order valence-electron chi connectivity index (χ3n) is 6.54. The highest BCUT2D eigenvalue weighted by Crippen LogP contribution is 2.37. The number of fused-ring (bicyclic) bond motifs is 1. The van der Waals surface area contributed by atoms with Gasteiger partial charge in [-0.3, -0.25) is 14.3 Å². The number of nitrogens with zero attached hydrogens (tertiary/aromatic N) is 5. The van der Waals surface area contributed by atoms with Crippen molar-refractivity contribution >= 4 is 22.5 Å². The smallest absolute Gasteiger partial charge is 0.274 e. The lowest BCUT2D eigenvalue weighted by Gasteiger charge is -2.28. The highest BCUT2D eigenvalue weighted by Gasteiger charge is 2.26. The van der Waals surface area contributed by atoms with Crippen LogP contribution < -0.4 is 15.6 Å². The second-order valence-corrected chi connectivity index (χ2v) is 8.67. The first-order valence-corrected chi connectivity index (χ1v) is 11.3. The van der Waals surface area contributed by atoms with Gasteiger partial charge >= 0.3 is 0 Å². The lowest BCUT2D eigenvalue weighted by Crippen LogP contribution is -2.23. The molecular weight excluding hydrogens is 432 g/mol. The molecule has 1 aromatic carbocycles. The van der Waals surface area contributed by atoms with E-state index in [0.29, 0.717) is 17.2 Å². The summed E-state index contributed by atoms with van der Waals surface area (Å²) in [7, 11) is 3.16. The number of amides is 1. The molecule has 0 aliphatic heterocycles. The number of aryl methyl sites for hydroxylation is 1. The van der Waals surface area contributed by atoms with E-state index in [1.165, 1.54) is 11.7 Å². The topological polar surface area (TPSA) is 104 Å². The number of benzene rings is 1. The molecule has 174 valence electrons. The predicted molar refractivity (Wildman–Crippen MR) is 128 cm³/mol. The van der Waals surface area contributed by atoms with Crippen molar-refractivity contribution in [3.05, 3.63) is 76.6 Å². The molecule has 5 rings (SSSR count). The van der Waals surface area contributed by atoms with Crippen LogP contribution in [0, 0.1) is 0 Å². The number of hydrogen-bond acceptors (Lipinski definition) is 6. The summed E-state index contributed by atoms with van der Waals surface area (Å²) in [6.07, 6.45) is 9.38. The van der Waals surface area contributed by atoms with Gasteiger partial charge in [0.2, 0.25) is 0 Å². The predicted octanol–water partition coefficient (Wildman–Crippen LogP) is 3.68. The van der Waals surface area contributed by atoms with Gasteiger partial charge in [-0.1, -0.05) is 0 Å². The van der Waals surface area contributed by atoms with E-state index >= 15 is 0 Å². The summed E-state index contributed by atoms with van der Waals surface area (Å²) >= 11 is 0. The van der Waals surface area contributed by atoms with Crippen LogP contribution in [-0.4, -0.2) is 37.6 Å². The third-order valence-corrected chi connectivity index (χ3v) is 6.54. The Labute approximate surface area is 196 Å². The number of nitrogens with one attached hydrogen (secondary N) is 1. The van der Waals surface area contributed by atoms with Crippen LogP contribution in [-0.2, 0) is 7.05 Å². The van der Waals surface area contributed by atoms with E-state index in [9.17, 15) is 9.59 Å². The molecule has 0 bridgehead atoms. The summed E-state index contributed by atoms with van der Waals surface area (Å²) in [5, 5.41) is 16.6. The summed E-state index contributed by atoms with van der Waals surface area (Å²) in [4.78, 5) is 25.3. The van der Waals surface area contributed by atoms with E-state index in [2.05, 4.69) is 15.5 Å². The number of aromatic nitrogens is 5. The van der Waals surface area contributed by atoms with Crippen LogP contribution in [0.2, 0.25) is 0 Å². The van der Waals surface area contributed by atoms with Gasteiger partial charge in [-0.15, -0.1) is 0 Å². The largest absolute Gasteiger partial charge is 0.496 e. The molecule has 3 aromatic heterocycles. The maximum absolute atomic E-state index is 13.0. The van der Waals surface area contributed by atoms with E-state index in [0.717, 1.165) is 42.3 Å². The Balaban J connectivity index is 1.37. The van der Waals surface area contributed by atoms with Gasteiger partial charge in [0.25, 0.3) is 11.5 Å². The molecule has 1 aliphatic rings. The normalized spacial score (nSPS) is 18.1. The van der Waals surface area contributed by atoms with Crippen molar-refractivity contribution in [3.63, 3.8) is 0 Å². The number of hydrogen-bond donors (Lipinski definition) is 1. The quantitative estimate of drug-likeness (QED) is 0.489. The van der Waals surface area contributed by atoms with Crippen molar-refractivity contribution in [3.8, 4) is 5.75 Å². The molecule has 0 atom stereocenters. The summed E-state index contributed by atoms with van der Waals surface area (Å²) in [6, 6.07) is 11.1. The molecular formula is C25H26N6O3. The van der Waals surface area contributed by atoms with Crippen molar-refractivity contribution in [2.75, 3.05) is 12.4 Å². The van der Waals surface area contributed by atoms with Crippen LogP contribution in [0.5, 0.6) is 5.75 Å². The molecule has 1 fully saturated rings. The van der Waals surface area contributed by atoms with Gasteiger partial charge in [-0.2, -0.15) is 15.3 Å². The Morgan fingerprint density at radius 3 is 2.71 bits per heavy atom. The number of rotatable bonds is 5. The van der Waals surface area contributed by atoms with E-state index in [4.69, 9.17) is 9.84 Å². The highest BCUT2D eigenvalue weighted by atomic mass is 16.5. The highest BCUT2D eigenvalue weighted by molar-refractivity contribution is 6.08. The van der Waals surface area contributed by atoms with Crippen molar-refractivity contribution in [1.82, 2.24) is 24.5 Å². The fraction of sp³-hybridized carbons (Fsp3) is 0.320. The number of carbonyl (C=O) groups is 1. The zero-order valence-electron chi connectivity index (χ0n) is 19.1. The first kappa shape index (κ1) is 21.8. The second kappa shape index (κ2) is 9.09. The first-order chi connectivity index (χ1) is 16.5. The average Bonchev–Trinajstić information content (AvgIpc) is 3.29. The Morgan fingerprint density at radius 1 is 1.15 bits per heavy atom. The zero-order chi connectivity index (χ0) is 23.7. The Kier molecular flexibility index (Phi) is 5.83. The summed E-state index contributed by atoms with van der Waals surface area (Å²) in [5.74, 6) is 0.435. The maximum atomic E-state index is 13.0. The van der Waals surface area contributed by atoms with Crippen molar-refractivity contribution in [2.45, 2.75) is 37.6 Å². The molecule has 0 spiro atoms. The van der Waals surface area contributed by atoms with E-state index < -0.39 is 5.91 Å². The van der Waals surface area contributed by atoms with Crippen molar-refractivity contribution in [2.24, 2.45) is 7.05 Å². The van der Waals surface area contributed by atoms with Crippen LogP contribution in [0.1, 0.15) is 53.7 Å². The minimum atomic E-state index is -0.403. The summed E-state index contributed by atoms with van der Waals surface area (Å²) in [5.41, 5.74) is 2.11. The third kappa shape index (κ3) is 4.16. The minimum absolute atomic E-state index is 0.215. The Bertz CT molecular complexity index is 1390. The van der Waals surface area contributed by atoms with Gasteiger partial charge < -0.3 is 14.6 Å². The first-order valence-electron chi connectivity index (χ1n) is 11.3. The number of anilines is 1. The van der Waals surface area contributed by atoms with Crippen LogP contribution in [0.3, 0.4) is 0 Å². The Morgan fingerprint density at radius 2 is 1.97 bits per heavy atom. The summed E-state index contributed by atoms with van der Waals surface area (Å²) in [6.45, 7) is 0. The van der Waals surface area contributed by atoms with Crippen molar-refractivity contribution in [1.29, 1.82) is 0 Å². The lowest BCUT2D eigenvalue weighted by atomic mass is 9.84. The molecule has 0 saturated heterocycles. The number of ether oxygens (including phenoxy) is 1. The molecule has 1 aliphatic carbocycles. The molecule has 3 heterocycles. The van der Waals surface area contributed by atoms with Crippen LogP contribution in [0.15, 0.2) is 59.8 Å². The standard InChI is InChI=1S/C25H26N6O3/c1-30-12-4-6-21(25(30)33)27-24(32)19-13-17-15-31(29-22(17)14-23(19)34-2)18-9-7-16(8-10-18)20-5-3-11-26-28-20/h3-6,11-16,18H,7-10H2,1-2H3,(H,27,32). The molecule has 4 aromatic rings. The SMILES string of the molecule is COc1cc2nn(C3CCC(c4cccnn4)CC3)cc2cc1C(=O)Nc1cccn(C)c1=O. The van der Waals surface area contributed by atoms with Gasteiger partial charge in [-0.05, 0) is 56.0 Å². The van der Waals surface area contributed by atoms with Gasteiger partial charge in [-0.25, -0.2) is 0 Å². The second-order valence-electron chi connectivity index (χ2n) is 8.67. The maximum Gasteiger partial charge on any atom is 0.274 e. The van der Waals surface area contributed by atoms with Gasteiger partial charge in [0.15, 0.2) is 0 Å². The number of methoxy groups -OCH3 is 1. The summed E-state index contributed by atoms with van der Waals surface area (Å²) < 4.78 is 8.90. The molecule has 0 radical (unpaired) electrons. The molecule has 34 heavy (non-hydrogen) atoms. The van der Waals surface area contributed by atoms with Gasteiger partial charge in [0, 0.05) is 43.0 Å². The van der Waals surface area contributed by atoms with E-state index in [1.807, 2.05) is 23.0 Å². The molecule has 9 heteroatoms. The lowest BCUT2D eigenvalue weighted by molar-refractivity contribution is 0.102. The molecule has 1 saturated carbocycles. The zero-order valence-corrected chi connectivity index (χ0v) is 19.1. The van der Waals surface area contributed by atoms with Crippen LogP contribution in [0.4, 0.5) is 5.69 Å². The number of carbonyl (C=O) groups excluding carboxylic acids is 1. The van der Waals surface area contributed by atoms with Crippen LogP contribution >= 0.6 is 0 Å². The average molecular weight is 459 g/mol. The van der Waals surface area contributed by atoms with Crippen LogP contribution in [0.25, 0.3) is 10.9 Å². The van der Waals surface area contributed by atoms with Crippen molar-refractivity contribution < 1.29 is 9.53 Å². The molecule has 1 N–H and O–H groups in total. The fourth-order valence-electron chi connectivity index (χ4n) is 4.65. The van der Waals surface area contributed by atoms with Gasteiger partial charge in [0.05, 0.1) is 29.9 Å².